The van der Waals surface area contributed by atoms with E-state index in [4.69, 9.17) is 4.98 Å². The molecule has 20 heavy (non-hydrogen) atoms. The van der Waals surface area contributed by atoms with Gasteiger partial charge < -0.3 is 5.32 Å². The molecule has 0 atom stereocenters. The fourth-order valence-electron chi connectivity index (χ4n) is 2.03. The van der Waals surface area contributed by atoms with Crippen molar-refractivity contribution >= 4 is 0 Å². The number of aromatic nitrogens is 3. The van der Waals surface area contributed by atoms with Crippen LogP contribution >= 0.6 is 0 Å². The van der Waals surface area contributed by atoms with Gasteiger partial charge in [-0.05, 0) is 51.8 Å². The fourth-order valence-corrected chi connectivity index (χ4v) is 2.03. The number of aryl methyl sites for hydroxylation is 2. The quantitative estimate of drug-likeness (QED) is 0.930. The summed E-state index contributed by atoms with van der Waals surface area (Å²) in [5, 5.41) is 3.52. The Kier molecular flexibility index (Phi) is 4.23. The predicted molar refractivity (Wildman–Crippen MR) is 82.1 cm³/mol. The highest BCUT2D eigenvalue weighted by Gasteiger charge is 2.10. The van der Waals surface area contributed by atoms with Crippen molar-refractivity contribution < 1.29 is 0 Å². The van der Waals surface area contributed by atoms with Gasteiger partial charge >= 0.3 is 0 Å². The summed E-state index contributed by atoms with van der Waals surface area (Å²) < 4.78 is 2.03. The van der Waals surface area contributed by atoms with Crippen molar-refractivity contribution in [1.29, 1.82) is 0 Å². The van der Waals surface area contributed by atoms with Gasteiger partial charge in [0.25, 0.3) is 0 Å². The Morgan fingerprint density at radius 2 is 2.00 bits per heavy atom. The molecular weight excluding hydrogens is 248 g/mol. The summed E-state index contributed by atoms with van der Waals surface area (Å²) in [4.78, 5) is 8.97. The summed E-state index contributed by atoms with van der Waals surface area (Å²) in [6, 6.07) is 4.31. The number of rotatable bonds is 4. The summed E-state index contributed by atoms with van der Waals surface area (Å²) in [6.45, 7) is 11.5. The summed E-state index contributed by atoms with van der Waals surface area (Å²) in [5.41, 5.74) is 2.48. The third kappa shape index (κ3) is 3.67. The number of imidazole rings is 1. The summed E-state index contributed by atoms with van der Waals surface area (Å²) >= 11 is 0. The van der Waals surface area contributed by atoms with Crippen molar-refractivity contribution in [2.24, 2.45) is 0 Å². The lowest BCUT2D eigenvalue weighted by atomic mass is 10.1. The Hall–Kier alpha value is -1.68. The minimum absolute atomic E-state index is 0.112. The van der Waals surface area contributed by atoms with Gasteiger partial charge in [0.1, 0.15) is 11.6 Å². The molecule has 2 aromatic rings. The van der Waals surface area contributed by atoms with Crippen LogP contribution < -0.4 is 5.32 Å². The third-order valence-corrected chi connectivity index (χ3v) is 3.18. The standard InChI is InChI=1S/C16H24N4/c1-6-14-9-13(11-18-16(3,4)5)10-15(19-14)20-8-7-17-12(20)2/h7-10,18H,6,11H2,1-5H3. The first-order chi connectivity index (χ1) is 9.39. The Balaban J connectivity index is 2.32. The average Bonchev–Trinajstić information content (AvgIpc) is 2.81. The lowest BCUT2D eigenvalue weighted by Crippen LogP contribution is -2.35. The van der Waals surface area contributed by atoms with E-state index in [1.807, 2.05) is 23.9 Å². The molecule has 0 saturated carbocycles. The molecule has 0 spiro atoms. The van der Waals surface area contributed by atoms with Crippen LogP contribution in [-0.4, -0.2) is 20.1 Å². The first-order valence-electron chi connectivity index (χ1n) is 7.14. The SMILES string of the molecule is CCc1cc(CNC(C)(C)C)cc(-n2ccnc2C)n1. The van der Waals surface area contributed by atoms with Crippen LogP contribution in [0.25, 0.3) is 5.82 Å². The van der Waals surface area contributed by atoms with E-state index in [0.29, 0.717) is 0 Å². The zero-order valence-corrected chi connectivity index (χ0v) is 13.1. The molecule has 2 rings (SSSR count). The molecule has 2 aromatic heterocycles. The van der Waals surface area contributed by atoms with Gasteiger partial charge in [-0.25, -0.2) is 9.97 Å². The first-order valence-corrected chi connectivity index (χ1v) is 7.14. The first kappa shape index (κ1) is 14.7. The highest BCUT2D eigenvalue weighted by Crippen LogP contribution is 2.14. The number of nitrogens with zero attached hydrogens (tertiary/aromatic N) is 3. The van der Waals surface area contributed by atoms with Crippen molar-refractivity contribution in [2.75, 3.05) is 0 Å². The zero-order valence-electron chi connectivity index (χ0n) is 13.1. The molecule has 0 saturated heterocycles. The van der Waals surface area contributed by atoms with Crippen LogP contribution in [0.4, 0.5) is 0 Å². The van der Waals surface area contributed by atoms with Gasteiger partial charge in [0.05, 0.1) is 0 Å². The monoisotopic (exact) mass is 272 g/mol. The van der Waals surface area contributed by atoms with Crippen LogP contribution in [0.15, 0.2) is 24.5 Å². The topological polar surface area (TPSA) is 42.7 Å². The van der Waals surface area contributed by atoms with E-state index < -0.39 is 0 Å². The maximum absolute atomic E-state index is 4.69. The Morgan fingerprint density at radius 3 is 2.55 bits per heavy atom. The minimum atomic E-state index is 0.112. The molecule has 0 radical (unpaired) electrons. The molecule has 108 valence electrons. The van der Waals surface area contributed by atoms with E-state index in [0.717, 1.165) is 30.3 Å². The summed E-state index contributed by atoms with van der Waals surface area (Å²) in [5.74, 6) is 1.91. The Morgan fingerprint density at radius 1 is 1.25 bits per heavy atom. The van der Waals surface area contributed by atoms with Crippen molar-refractivity contribution in [3.8, 4) is 5.82 Å². The molecule has 0 unspecified atom stereocenters. The molecule has 0 aromatic carbocycles. The van der Waals surface area contributed by atoms with Gasteiger partial charge in [-0.3, -0.25) is 4.57 Å². The minimum Gasteiger partial charge on any atom is -0.308 e. The van der Waals surface area contributed by atoms with Crippen LogP contribution in [0.2, 0.25) is 0 Å². The normalized spacial score (nSPS) is 11.8. The highest BCUT2D eigenvalue weighted by molar-refractivity contribution is 5.32. The van der Waals surface area contributed by atoms with E-state index >= 15 is 0 Å². The maximum Gasteiger partial charge on any atom is 0.138 e. The molecule has 1 N–H and O–H groups in total. The second-order valence-corrected chi connectivity index (χ2v) is 6.13. The van der Waals surface area contributed by atoms with E-state index in [1.54, 1.807) is 0 Å². The lowest BCUT2D eigenvalue weighted by Gasteiger charge is -2.21. The second-order valence-electron chi connectivity index (χ2n) is 6.13. The van der Waals surface area contributed by atoms with Crippen LogP contribution in [0.1, 0.15) is 44.8 Å². The summed E-state index contributed by atoms with van der Waals surface area (Å²) in [6.07, 6.45) is 4.70. The van der Waals surface area contributed by atoms with Crippen molar-refractivity contribution in [3.63, 3.8) is 0 Å². The highest BCUT2D eigenvalue weighted by atomic mass is 15.1. The number of hydrogen-bond donors (Lipinski definition) is 1. The fraction of sp³-hybridized carbons (Fsp3) is 0.500. The molecule has 4 heteroatoms. The van der Waals surface area contributed by atoms with Gasteiger partial charge in [0.15, 0.2) is 0 Å². The number of nitrogens with one attached hydrogen (secondary N) is 1. The van der Waals surface area contributed by atoms with E-state index in [2.05, 4.69) is 50.1 Å². The van der Waals surface area contributed by atoms with Gasteiger partial charge in [0.2, 0.25) is 0 Å². The molecule has 0 aliphatic heterocycles. The molecule has 0 fully saturated rings. The third-order valence-electron chi connectivity index (χ3n) is 3.18. The summed E-state index contributed by atoms with van der Waals surface area (Å²) in [7, 11) is 0. The molecule has 0 bridgehead atoms. The smallest absolute Gasteiger partial charge is 0.138 e. The van der Waals surface area contributed by atoms with Crippen LogP contribution in [0.5, 0.6) is 0 Å². The van der Waals surface area contributed by atoms with Gasteiger partial charge in [-0.1, -0.05) is 6.92 Å². The number of hydrogen-bond acceptors (Lipinski definition) is 3. The molecule has 0 aliphatic carbocycles. The maximum atomic E-state index is 4.69. The molecule has 0 amide bonds. The van der Waals surface area contributed by atoms with E-state index in [1.165, 1.54) is 5.56 Å². The molecular formula is C16H24N4. The van der Waals surface area contributed by atoms with Gasteiger partial charge in [-0.2, -0.15) is 0 Å². The average molecular weight is 272 g/mol. The zero-order chi connectivity index (χ0) is 14.8. The predicted octanol–water partition coefficient (Wildman–Crippen LogP) is 3.03. The van der Waals surface area contributed by atoms with Crippen LogP contribution in [-0.2, 0) is 13.0 Å². The molecule has 4 nitrogen and oxygen atoms in total. The Bertz CT molecular complexity index is 578. The van der Waals surface area contributed by atoms with E-state index in [-0.39, 0.29) is 5.54 Å². The largest absolute Gasteiger partial charge is 0.308 e. The molecule has 2 heterocycles. The van der Waals surface area contributed by atoms with Gasteiger partial charge in [-0.15, -0.1) is 0 Å². The van der Waals surface area contributed by atoms with Crippen molar-refractivity contribution in [3.05, 3.63) is 41.6 Å². The lowest BCUT2D eigenvalue weighted by molar-refractivity contribution is 0.424. The van der Waals surface area contributed by atoms with Gasteiger partial charge in [0, 0.05) is 30.2 Å². The van der Waals surface area contributed by atoms with Crippen molar-refractivity contribution in [2.45, 2.75) is 53.1 Å². The van der Waals surface area contributed by atoms with E-state index in [9.17, 15) is 0 Å². The van der Waals surface area contributed by atoms with Crippen LogP contribution in [0.3, 0.4) is 0 Å². The second kappa shape index (κ2) is 5.75. The number of pyridine rings is 1. The van der Waals surface area contributed by atoms with Crippen LogP contribution in [0, 0.1) is 6.92 Å². The molecule has 0 aliphatic rings. The Labute approximate surface area is 121 Å². The van der Waals surface area contributed by atoms with Crippen molar-refractivity contribution in [1.82, 2.24) is 19.9 Å².